The molecular weight excluding hydrogens is 386 g/mol. The molecule has 0 amide bonds. The van der Waals surface area contributed by atoms with Crippen LogP contribution in [0.15, 0.2) is 24.3 Å². The van der Waals surface area contributed by atoms with Crippen molar-refractivity contribution in [1.82, 2.24) is 9.78 Å². The summed E-state index contributed by atoms with van der Waals surface area (Å²) < 4.78 is 14.7. The molecule has 0 aliphatic rings. The second-order valence-corrected chi connectivity index (χ2v) is 5.42. The highest BCUT2D eigenvalue weighted by Gasteiger charge is 2.10. The molecule has 0 saturated carbocycles. The molecule has 0 atom stereocenters. The maximum atomic E-state index is 12.9. The minimum atomic E-state index is -0.249. The van der Waals surface area contributed by atoms with Crippen molar-refractivity contribution in [2.75, 3.05) is 0 Å². The number of halogens is 2. The summed E-state index contributed by atoms with van der Waals surface area (Å²) in [6.07, 6.45) is 0. The minimum absolute atomic E-state index is 0.249. The number of benzene rings is 1. The lowest BCUT2D eigenvalue weighted by Gasteiger charge is -2.03. The third kappa shape index (κ3) is 4.00. The molecule has 1 aromatic heterocycles. The maximum Gasteiger partial charge on any atom is 0.123 e. The molecule has 0 unspecified atom stereocenters. The Morgan fingerprint density at radius 2 is 1.80 bits per heavy atom. The Morgan fingerprint density at radius 1 is 1.20 bits per heavy atom. The van der Waals surface area contributed by atoms with E-state index in [-0.39, 0.29) is 5.82 Å². The number of nitrogens with zero attached hydrogens (tertiary/aromatic N) is 2. The first-order valence-electron chi connectivity index (χ1n) is 6.24. The Hall–Kier alpha value is -1.000. The van der Waals surface area contributed by atoms with E-state index in [4.69, 9.17) is 0 Å². The van der Waals surface area contributed by atoms with E-state index in [1.165, 1.54) is 21.1 Å². The molecule has 0 aliphatic heterocycles. The van der Waals surface area contributed by atoms with Crippen molar-refractivity contribution in [3.05, 3.63) is 47.0 Å². The summed E-state index contributed by atoms with van der Waals surface area (Å²) in [5.41, 5.74) is 3.63. The third-order valence-electron chi connectivity index (χ3n) is 2.58. The summed E-state index contributed by atoms with van der Waals surface area (Å²) in [6.45, 7) is 7.89. The highest BCUT2D eigenvalue weighted by Crippen LogP contribution is 2.18. The molecule has 2 nitrogen and oxygen atoms in total. The smallest absolute Gasteiger partial charge is 0.123 e. The molecule has 1 aromatic carbocycles. The van der Waals surface area contributed by atoms with Crippen LogP contribution in [0.2, 0.25) is 0 Å². The molecular formula is C15H16FIN2S. The van der Waals surface area contributed by atoms with Gasteiger partial charge in [-0.25, -0.2) is 9.07 Å². The lowest BCUT2D eigenvalue weighted by atomic mass is 10.2. The molecule has 0 spiro atoms. The van der Waals surface area contributed by atoms with Crippen LogP contribution < -0.4 is 0 Å². The molecule has 0 aliphatic carbocycles. The first kappa shape index (κ1) is 17.1. The van der Waals surface area contributed by atoms with E-state index >= 15 is 0 Å². The molecule has 0 saturated heterocycles. The SMILES string of the molecule is CC.Cc1nn(-c2ccc(F)cc2)c(C)c1C#CSI. The molecule has 20 heavy (non-hydrogen) atoms. The molecule has 2 rings (SSSR count). The van der Waals surface area contributed by atoms with Gasteiger partial charge >= 0.3 is 0 Å². The van der Waals surface area contributed by atoms with Gasteiger partial charge in [-0.3, -0.25) is 0 Å². The molecule has 1 heterocycles. The van der Waals surface area contributed by atoms with Gasteiger partial charge < -0.3 is 0 Å². The summed E-state index contributed by atoms with van der Waals surface area (Å²) in [6, 6.07) is 6.27. The highest BCUT2D eigenvalue weighted by molar-refractivity contribution is 14.2. The molecule has 0 fully saturated rings. The molecule has 0 bridgehead atoms. The second-order valence-electron chi connectivity index (χ2n) is 3.74. The fourth-order valence-electron chi connectivity index (χ4n) is 1.73. The zero-order valence-electron chi connectivity index (χ0n) is 11.9. The fourth-order valence-corrected chi connectivity index (χ4v) is 2.20. The average Bonchev–Trinajstić information content (AvgIpc) is 2.75. The maximum absolute atomic E-state index is 12.9. The van der Waals surface area contributed by atoms with Crippen LogP contribution in [0.4, 0.5) is 4.39 Å². The van der Waals surface area contributed by atoms with Crippen LogP contribution in [0.5, 0.6) is 0 Å². The van der Waals surface area contributed by atoms with Gasteiger partial charge in [0.05, 0.1) is 22.6 Å². The Bertz CT molecular complexity index is 624. The molecule has 0 radical (unpaired) electrons. The predicted octanol–water partition coefficient (Wildman–Crippen LogP) is 5.05. The Morgan fingerprint density at radius 3 is 2.35 bits per heavy atom. The van der Waals surface area contributed by atoms with Gasteiger partial charge in [0.2, 0.25) is 0 Å². The van der Waals surface area contributed by atoms with Crippen LogP contribution >= 0.6 is 30.1 Å². The molecule has 5 heteroatoms. The van der Waals surface area contributed by atoms with Crippen LogP contribution in [-0.4, -0.2) is 9.78 Å². The lowest BCUT2D eigenvalue weighted by molar-refractivity contribution is 0.627. The quantitative estimate of drug-likeness (QED) is 0.491. The molecule has 106 valence electrons. The first-order chi connectivity index (χ1) is 9.63. The van der Waals surface area contributed by atoms with Crippen molar-refractivity contribution in [1.29, 1.82) is 0 Å². The van der Waals surface area contributed by atoms with Crippen LogP contribution in [-0.2, 0) is 0 Å². The summed E-state index contributed by atoms with van der Waals surface area (Å²) in [5, 5.41) is 7.40. The summed E-state index contributed by atoms with van der Waals surface area (Å²) in [4.78, 5) is 0. The van der Waals surface area contributed by atoms with Crippen LogP contribution in [0, 0.1) is 30.8 Å². The van der Waals surface area contributed by atoms with Gasteiger partial charge in [-0.05, 0) is 52.3 Å². The molecule has 0 N–H and O–H groups in total. The van der Waals surface area contributed by atoms with Crippen LogP contribution in [0.3, 0.4) is 0 Å². The van der Waals surface area contributed by atoms with Crippen molar-refractivity contribution in [3.8, 4) is 16.9 Å². The van der Waals surface area contributed by atoms with Gasteiger partial charge in [0.15, 0.2) is 0 Å². The van der Waals surface area contributed by atoms with Crippen molar-refractivity contribution in [3.63, 3.8) is 0 Å². The van der Waals surface area contributed by atoms with Crippen LogP contribution in [0.1, 0.15) is 30.8 Å². The third-order valence-corrected chi connectivity index (χ3v) is 3.42. The van der Waals surface area contributed by atoms with Crippen molar-refractivity contribution < 1.29 is 4.39 Å². The van der Waals surface area contributed by atoms with Crippen molar-refractivity contribution in [2.24, 2.45) is 0 Å². The van der Waals surface area contributed by atoms with Crippen molar-refractivity contribution in [2.45, 2.75) is 27.7 Å². The van der Waals surface area contributed by atoms with Gasteiger partial charge in [-0.1, -0.05) is 19.8 Å². The van der Waals surface area contributed by atoms with Gasteiger partial charge in [-0.2, -0.15) is 5.10 Å². The summed E-state index contributed by atoms with van der Waals surface area (Å²) in [7, 11) is 1.44. The highest BCUT2D eigenvalue weighted by atomic mass is 127. The van der Waals surface area contributed by atoms with E-state index < -0.39 is 0 Å². The number of hydrogen-bond donors (Lipinski definition) is 0. The predicted molar refractivity (Wildman–Crippen MR) is 92.8 cm³/mol. The van der Waals surface area contributed by atoms with Crippen molar-refractivity contribution >= 4 is 30.1 Å². The Labute approximate surface area is 135 Å². The zero-order chi connectivity index (χ0) is 15.1. The van der Waals surface area contributed by atoms with Gasteiger partial charge in [0, 0.05) is 21.2 Å². The van der Waals surface area contributed by atoms with E-state index in [1.54, 1.807) is 16.8 Å². The van der Waals surface area contributed by atoms with Crippen LogP contribution in [0.25, 0.3) is 5.69 Å². The summed E-state index contributed by atoms with van der Waals surface area (Å²) in [5.74, 6) is 2.83. The van der Waals surface area contributed by atoms with E-state index in [0.29, 0.717) is 0 Å². The standard InChI is InChI=1S/C13H10FIN2S.C2H6/c1-9-13(7-8-18-15)10(2)17(16-9)12-5-3-11(14)4-6-12;1-2/h3-6H,1-2H3;1-2H3. The van der Waals surface area contributed by atoms with E-state index in [2.05, 4.69) is 37.5 Å². The average molecular weight is 402 g/mol. The minimum Gasteiger partial charge on any atom is -0.237 e. The normalized spacial score (nSPS) is 9.30. The monoisotopic (exact) mass is 402 g/mol. The summed E-state index contributed by atoms with van der Waals surface area (Å²) >= 11 is 2.13. The Kier molecular flexibility index (Phi) is 7.10. The Balaban J connectivity index is 0.000000956. The van der Waals surface area contributed by atoms with Gasteiger partial charge in [-0.15, -0.1) is 0 Å². The largest absolute Gasteiger partial charge is 0.237 e. The number of rotatable bonds is 1. The van der Waals surface area contributed by atoms with E-state index in [9.17, 15) is 4.39 Å². The zero-order valence-corrected chi connectivity index (χ0v) is 14.8. The fraction of sp³-hybridized carbons (Fsp3) is 0.267. The van der Waals surface area contributed by atoms with E-state index in [0.717, 1.165) is 22.6 Å². The molecule has 2 aromatic rings. The number of aromatic nitrogens is 2. The topological polar surface area (TPSA) is 17.8 Å². The number of aryl methyl sites for hydroxylation is 1. The first-order valence-corrected chi connectivity index (χ1v) is 9.60. The van der Waals surface area contributed by atoms with E-state index in [1.807, 2.05) is 27.7 Å². The van der Waals surface area contributed by atoms with Gasteiger partial charge in [0.1, 0.15) is 5.82 Å². The number of hydrogen-bond acceptors (Lipinski definition) is 2. The van der Waals surface area contributed by atoms with Gasteiger partial charge in [0.25, 0.3) is 0 Å². The second kappa shape index (κ2) is 8.32. The lowest BCUT2D eigenvalue weighted by Crippen LogP contribution is -1.99.